The van der Waals surface area contributed by atoms with Crippen LogP contribution in [0.15, 0.2) is 54.0 Å². The van der Waals surface area contributed by atoms with Crippen LogP contribution in [-0.4, -0.2) is 30.6 Å². The lowest BCUT2D eigenvalue weighted by Gasteiger charge is -2.13. The Morgan fingerprint density at radius 2 is 1.87 bits per heavy atom. The van der Waals surface area contributed by atoms with Crippen LogP contribution in [0.25, 0.3) is 6.08 Å². The van der Waals surface area contributed by atoms with Crippen LogP contribution in [0.5, 0.6) is 17.2 Å². The van der Waals surface area contributed by atoms with Crippen molar-refractivity contribution in [3.8, 4) is 17.2 Å². The van der Waals surface area contributed by atoms with Crippen LogP contribution in [0, 0.1) is 0 Å². The summed E-state index contributed by atoms with van der Waals surface area (Å²) in [5, 5.41) is 3.13. The molecule has 1 N–H and O–H groups in total. The molecule has 0 aliphatic carbocycles. The molecule has 156 valence electrons. The van der Waals surface area contributed by atoms with Gasteiger partial charge in [0.15, 0.2) is 11.5 Å². The van der Waals surface area contributed by atoms with Crippen molar-refractivity contribution in [2.45, 2.75) is 6.42 Å². The number of rotatable bonds is 9. The number of halogens is 1. The van der Waals surface area contributed by atoms with Crippen molar-refractivity contribution < 1.29 is 19.0 Å². The fourth-order valence-corrected chi connectivity index (χ4v) is 3.97. The molecular formula is C22H20ClNO4S2. The third-order valence-electron chi connectivity index (χ3n) is 4.11. The Kier molecular flexibility index (Phi) is 7.79. The number of hydrogen-bond donors (Lipinski definition) is 1. The van der Waals surface area contributed by atoms with Crippen LogP contribution in [0.4, 0.5) is 0 Å². The van der Waals surface area contributed by atoms with Gasteiger partial charge in [-0.15, -0.1) is 6.58 Å². The fraction of sp³-hybridized carbons (Fsp3) is 0.182. The normalized spacial score (nSPS) is 14.5. The van der Waals surface area contributed by atoms with E-state index in [-0.39, 0.29) is 5.91 Å². The molecule has 0 saturated carbocycles. The van der Waals surface area contributed by atoms with Crippen molar-refractivity contribution in [1.29, 1.82) is 0 Å². The number of benzene rings is 2. The number of ether oxygens (including phenoxy) is 3. The van der Waals surface area contributed by atoms with Crippen LogP contribution in [0.1, 0.15) is 11.1 Å². The van der Waals surface area contributed by atoms with Crippen molar-refractivity contribution in [2.75, 3.05) is 20.3 Å². The Morgan fingerprint density at radius 1 is 1.13 bits per heavy atom. The smallest absolute Gasteiger partial charge is 0.263 e. The molecule has 1 saturated heterocycles. The summed E-state index contributed by atoms with van der Waals surface area (Å²) in [4.78, 5) is 12.4. The Morgan fingerprint density at radius 3 is 2.53 bits per heavy atom. The number of methoxy groups -OCH3 is 1. The summed E-state index contributed by atoms with van der Waals surface area (Å²) in [7, 11) is 1.60. The van der Waals surface area contributed by atoms with E-state index in [2.05, 4.69) is 11.9 Å². The molecule has 3 rings (SSSR count). The highest BCUT2D eigenvalue weighted by molar-refractivity contribution is 8.26. The molecule has 1 aliphatic heterocycles. The second-order valence-electron chi connectivity index (χ2n) is 6.21. The van der Waals surface area contributed by atoms with E-state index in [0.717, 1.165) is 12.0 Å². The van der Waals surface area contributed by atoms with E-state index >= 15 is 0 Å². The molecule has 30 heavy (non-hydrogen) atoms. The van der Waals surface area contributed by atoms with E-state index in [4.69, 9.17) is 38.0 Å². The van der Waals surface area contributed by atoms with E-state index in [1.807, 2.05) is 24.3 Å². The number of nitrogens with one attached hydrogen (secondary N) is 1. The predicted octanol–water partition coefficient (Wildman–Crippen LogP) is 5.02. The topological polar surface area (TPSA) is 56.8 Å². The summed E-state index contributed by atoms with van der Waals surface area (Å²) in [5.74, 6) is 1.66. The summed E-state index contributed by atoms with van der Waals surface area (Å²) in [6.07, 6.45) is 4.31. The summed E-state index contributed by atoms with van der Waals surface area (Å²) in [6, 6.07) is 11.0. The van der Waals surface area contributed by atoms with Gasteiger partial charge in [-0.2, -0.15) is 0 Å². The minimum absolute atomic E-state index is 0.230. The number of thioether (sulfide) groups is 1. The summed E-state index contributed by atoms with van der Waals surface area (Å²) in [6.45, 7) is 4.36. The largest absolute Gasteiger partial charge is 0.493 e. The molecule has 2 aromatic carbocycles. The number of allylic oxidation sites excluding steroid dienone is 1. The average Bonchev–Trinajstić information content (AvgIpc) is 3.04. The first-order chi connectivity index (χ1) is 14.5. The van der Waals surface area contributed by atoms with Crippen LogP contribution >= 0.6 is 35.6 Å². The highest BCUT2D eigenvalue weighted by Crippen LogP contribution is 2.31. The third kappa shape index (κ3) is 5.78. The van der Waals surface area contributed by atoms with Crippen LogP contribution < -0.4 is 19.5 Å². The maximum absolute atomic E-state index is 11.9. The first kappa shape index (κ1) is 22.2. The third-order valence-corrected chi connectivity index (χ3v) is 5.50. The van der Waals surface area contributed by atoms with Crippen molar-refractivity contribution in [3.63, 3.8) is 0 Å². The summed E-state index contributed by atoms with van der Waals surface area (Å²) < 4.78 is 17.5. The van der Waals surface area contributed by atoms with Crippen LogP contribution in [-0.2, 0) is 11.2 Å². The molecular weight excluding hydrogens is 442 g/mol. The zero-order chi connectivity index (χ0) is 21.5. The second kappa shape index (κ2) is 10.5. The van der Waals surface area contributed by atoms with E-state index in [1.54, 1.807) is 31.4 Å². The summed E-state index contributed by atoms with van der Waals surface area (Å²) in [5.41, 5.74) is 1.79. The van der Waals surface area contributed by atoms with Gasteiger partial charge in [-0.1, -0.05) is 47.7 Å². The zero-order valence-corrected chi connectivity index (χ0v) is 18.7. The maximum Gasteiger partial charge on any atom is 0.263 e. The van der Waals surface area contributed by atoms with Gasteiger partial charge in [0.1, 0.15) is 23.3 Å². The molecule has 0 spiro atoms. The van der Waals surface area contributed by atoms with Gasteiger partial charge in [-0.05, 0) is 48.4 Å². The molecule has 8 heteroatoms. The van der Waals surface area contributed by atoms with E-state index < -0.39 is 0 Å². The molecule has 2 aromatic rings. The number of carbonyl (C=O) groups excluding carboxylic acids is 1. The summed E-state index contributed by atoms with van der Waals surface area (Å²) >= 11 is 12.3. The monoisotopic (exact) mass is 461 g/mol. The molecule has 0 radical (unpaired) electrons. The Labute approximate surface area is 190 Å². The van der Waals surface area contributed by atoms with Gasteiger partial charge >= 0.3 is 0 Å². The minimum atomic E-state index is -0.230. The van der Waals surface area contributed by atoms with E-state index in [0.29, 0.717) is 50.3 Å². The van der Waals surface area contributed by atoms with Gasteiger partial charge in [-0.3, -0.25) is 4.79 Å². The number of hydrogen-bond acceptors (Lipinski definition) is 6. The van der Waals surface area contributed by atoms with Gasteiger partial charge < -0.3 is 19.5 Å². The van der Waals surface area contributed by atoms with Gasteiger partial charge in [0, 0.05) is 10.6 Å². The average molecular weight is 462 g/mol. The van der Waals surface area contributed by atoms with Crippen molar-refractivity contribution in [2.24, 2.45) is 0 Å². The minimum Gasteiger partial charge on any atom is -0.493 e. The van der Waals surface area contributed by atoms with Gasteiger partial charge in [0.2, 0.25) is 0 Å². The molecule has 1 fully saturated rings. The number of amides is 1. The lowest BCUT2D eigenvalue weighted by molar-refractivity contribution is -0.115. The van der Waals surface area contributed by atoms with Gasteiger partial charge in [0.25, 0.3) is 5.91 Å². The lowest BCUT2D eigenvalue weighted by atomic mass is 10.1. The van der Waals surface area contributed by atoms with Crippen molar-refractivity contribution >= 4 is 51.9 Å². The van der Waals surface area contributed by atoms with E-state index in [9.17, 15) is 4.79 Å². The standard InChI is InChI=1S/C22H20ClNO4S2/c1-3-4-14-5-7-18(19(11-14)26-2)28-10-9-27-17-8-6-16(23)12-15(17)13-20-21(25)24-22(29)30-20/h3,5-8,11-13H,1,4,9-10H2,2H3,(H,24,25,29)/b20-13-. The Balaban J connectivity index is 1.64. The molecule has 1 heterocycles. The van der Waals surface area contributed by atoms with Crippen molar-refractivity contribution in [1.82, 2.24) is 5.32 Å². The van der Waals surface area contributed by atoms with Crippen LogP contribution in [0.3, 0.4) is 0 Å². The molecule has 1 aliphatic rings. The molecule has 0 unspecified atom stereocenters. The predicted molar refractivity (Wildman–Crippen MR) is 126 cm³/mol. The fourth-order valence-electron chi connectivity index (χ4n) is 2.75. The molecule has 0 atom stereocenters. The van der Waals surface area contributed by atoms with Crippen molar-refractivity contribution in [3.05, 3.63) is 70.1 Å². The first-order valence-electron chi connectivity index (χ1n) is 9.08. The number of thiocarbonyl (C=S) groups is 1. The zero-order valence-electron chi connectivity index (χ0n) is 16.3. The Bertz CT molecular complexity index is 1010. The first-order valence-corrected chi connectivity index (χ1v) is 10.7. The SMILES string of the molecule is C=CCc1ccc(OCCOc2ccc(Cl)cc2/C=C2\SC(=S)NC2=O)c(OC)c1. The quantitative estimate of drug-likeness (QED) is 0.245. The Hall–Kier alpha value is -2.48. The molecule has 0 aromatic heterocycles. The number of carbonyl (C=O) groups is 1. The molecule has 0 bridgehead atoms. The maximum atomic E-state index is 11.9. The highest BCUT2D eigenvalue weighted by Gasteiger charge is 2.22. The molecule has 1 amide bonds. The second-order valence-corrected chi connectivity index (χ2v) is 8.36. The molecule has 5 nitrogen and oxygen atoms in total. The highest BCUT2D eigenvalue weighted by atomic mass is 35.5. The van der Waals surface area contributed by atoms with Gasteiger partial charge in [-0.25, -0.2) is 0 Å². The lowest BCUT2D eigenvalue weighted by Crippen LogP contribution is -2.17. The van der Waals surface area contributed by atoms with E-state index in [1.165, 1.54) is 11.8 Å². The van der Waals surface area contributed by atoms with Crippen LogP contribution in [0.2, 0.25) is 5.02 Å². The van der Waals surface area contributed by atoms with Gasteiger partial charge in [0.05, 0.1) is 12.0 Å².